The molecule has 3 rings (SSSR count). The van der Waals surface area contributed by atoms with Gasteiger partial charge in [-0.2, -0.15) is 0 Å². The Morgan fingerprint density at radius 1 is 1.48 bits per heavy atom. The van der Waals surface area contributed by atoms with Gasteiger partial charge in [-0.15, -0.1) is 11.3 Å². The van der Waals surface area contributed by atoms with Crippen molar-refractivity contribution in [1.29, 1.82) is 0 Å². The number of aryl methyl sites for hydroxylation is 1. The highest BCUT2D eigenvalue weighted by Crippen LogP contribution is 2.36. The van der Waals surface area contributed by atoms with Crippen molar-refractivity contribution in [3.8, 4) is 0 Å². The Morgan fingerprint density at radius 3 is 3.04 bits per heavy atom. The van der Waals surface area contributed by atoms with Crippen LogP contribution in [0.2, 0.25) is 0 Å². The first-order valence-electron chi connectivity index (χ1n) is 8.12. The number of alkyl carbamates (subject to hydrolysis) is 1. The maximum absolute atomic E-state index is 12.4. The molecule has 2 amide bonds. The van der Waals surface area contributed by atoms with Crippen LogP contribution in [0, 0.1) is 5.92 Å². The number of thioether (sulfide) groups is 1. The van der Waals surface area contributed by atoms with E-state index < -0.39 is 12.0 Å². The molecule has 7 nitrogen and oxygen atoms in total. The van der Waals surface area contributed by atoms with Gasteiger partial charge in [-0.05, 0) is 37.7 Å². The van der Waals surface area contributed by atoms with Gasteiger partial charge in [0.1, 0.15) is 4.83 Å². The first kappa shape index (κ1) is 17.9. The molecule has 2 N–H and O–H groups in total. The van der Waals surface area contributed by atoms with Gasteiger partial charge in [-0.25, -0.2) is 9.78 Å². The van der Waals surface area contributed by atoms with Gasteiger partial charge >= 0.3 is 6.09 Å². The number of ether oxygens (including phenoxy) is 1. The molecule has 2 aromatic rings. The van der Waals surface area contributed by atoms with Gasteiger partial charge < -0.3 is 9.72 Å². The predicted molar refractivity (Wildman–Crippen MR) is 97.3 cm³/mol. The third kappa shape index (κ3) is 4.04. The van der Waals surface area contributed by atoms with Crippen LogP contribution in [0.4, 0.5) is 4.79 Å². The highest BCUT2D eigenvalue weighted by Gasteiger charge is 2.23. The fraction of sp³-hybridized carbons (Fsp3) is 0.500. The quantitative estimate of drug-likeness (QED) is 0.623. The summed E-state index contributed by atoms with van der Waals surface area (Å²) in [7, 11) is 0. The van der Waals surface area contributed by atoms with Crippen molar-refractivity contribution in [3.63, 3.8) is 0 Å². The number of hydrogen-bond donors (Lipinski definition) is 2. The monoisotopic (exact) mass is 381 g/mol. The molecule has 1 atom stereocenters. The van der Waals surface area contributed by atoms with Gasteiger partial charge in [0, 0.05) is 4.88 Å². The first-order chi connectivity index (χ1) is 12.0. The van der Waals surface area contributed by atoms with Crippen molar-refractivity contribution in [1.82, 2.24) is 15.3 Å². The zero-order valence-electron chi connectivity index (χ0n) is 14.0. The zero-order chi connectivity index (χ0) is 18.0. The number of rotatable bonds is 4. The van der Waals surface area contributed by atoms with E-state index in [1.165, 1.54) is 4.88 Å². The van der Waals surface area contributed by atoms with Crippen molar-refractivity contribution in [2.75, 3.05) is 12.4 Å². The third-order valence-corrected chi connectivity index (χ3v) is 6.02. The average Bonchev–Trinajstić information content (AvgIpc) is 2.90. The van der Waals surface area contributed by atoms with Crippen molar-refractivity contribution in [2.45, 2.75) is 38.3 Å². The second kappa shape index (κ2) is 7.57. The molecule has 0 bridgehead atoms. The number of hydrogen-bond acceptors (Lipinski definition) is 7. The van der Waals surface area contributed by atoms with Gasteiger partial charge in [0.2, 0.25) is 5.91 Å². The van der Waals surface area contributed by atoms with Crippen LogP contribution in [-0.4, -0.2) is 34.3 Å². The van der Waals surface area contributed by atoms with E-state index in [0.717, 1.165) is 41.4 Å². The van der Waals surface area contributed by atoms with E-state index in [2.05, 4.69) is 26.9 Å². The number of amides is 2. The fourth-order valence-corrected chi connectivity index (χ4v) is 4.95. The topological polar surface area (TPSA) is 101 Å². The maximum Gasteiger partial charge on any atom is 0.413 e. The third-order valence-electron chi connectivity index (χ3n) is 4.00. The minimum atomic E-state index is -0.773. The van der Waals surface area contributed by atoms with E-state index in [1.54, 1.807) is 18.3 Å². The highest BCUT2D eigenvalue weighted by molar-refractivity contribution is 7.99. The van der Waals surface area contributed by atoms with E-state index in [4.69, 9.17) is 0 Å². The van der Waals surface area contributed by atoms with Crippen LogP contribution in [0.1, 0.15) is 30.7 Å². The SMILES string of the molecule is CCOC(=O)NC(=O)CSc1nc2sc3c(c2c(=O)[nH]1)CC[C@@H](C)C3. The Balaban J connectivity index is 1.74. The van der Waals surface area contributed by atoms with Crippen molar-refractivity contribution in [2.24, 2.45) is 5.92 Å². The van der Waals surface area contributed by atoms with Crippen LogP contribution in [0.15, 0.2) is 9.95 Å². The molecule has 0 unspecified atom stereocenters. The van der Waals surface area contributed by atoms with Crippen molar-refractivity contribution in [3.05, 3.63) is 20.8 Å². The van der Waals surface area contributed by atoms with E-state index in [1.807, 2.05) is 0 Å². The van der Waals surface area contributed by atoms with Gasteiger partial charge in [0.15, 0.2) is 5.16 Å². The molecule has 134 valence electrons. The summed E-state index contributed by atoms with van der Waals surface area (Å²) in [6, 6.07) is 0. The predicted octanol–water partition coefficient (Wildman–Crippen LogP) is 2.47. The summed E-state index contributed by atoms with van der Waals surface area (Å²) in [5.41, 5.74) is 0.966. The lowest BCUT2D eigenvalue weighted by Gasteiger charge is -2.17. The van der Waals surface area contributed by atoms with E-state index in [9.17, 15) is 14.4 Å². The summed E-state index contributed by atoms with van der Waals surface area (Å²) in [5, 5.41) is 3.17. The molecule has 0 radical (unpaired) electrons. The van der Waals surface area contributed by atoms with E-state index in [0.29, 0.717) is 16.5 Å². The van der Waals surface area contributed by atoms with Gasteiger partial charge in [0.25, 0.3) is 5.56 Å². The smallest absolute Gasteiger partial charge is 0.413 e. The van der Waals surface area contributed by atoms with Crippen LogP contribution >= 0.6 is 23.1 Å². The van der Waals surface area contributed by atoms with Crippen LogP contribution < -0.4 is 10.9 Å². The van der Waals surface area contributed by atoms with Crippen LogP contribution in [-0.2, 0) is 22.4 Å². The number of carbonyl (C=O) groups excluding carboxylic acids is 2. The summed E-state index contributed by atoms with van der Waals surface area (Å²) in [6.45, 7) is 4.07. The number of H-pyrrole nitrogens is 1. The second-order valence-electron chi connectivity index (χ2n) is 5.96. The number of imide groups is 1. The number of thiophene rings is 1. The molecule has 0 saturated carbocycles. The lowest BCUT2D eigenvalue weighted by atomic mass is 9.89. The Kier molecular flexibility index (Phi) is 5.43. The number of aromatic nitrogens is 2. The Labute approximate surface area is 152 Å². The molecular formula is C16H19N3O4S2. The molecule has 1 aliphatic rings. The molecule has 25 heavy (non-hydrogen) atoms. The summed E-state index contributed by atoms with van der Waals surface area (Å²) < 4.78 is 4.64. The molecule has 0 saturated heterocycles. The number of nitrogens with one attached hydrogen (secondary N) is 2. The molecular weight excluding hydrogens is 362 g/mol. The summed E-state index contributed by atoms with van der Waals surface area (Å²) in [6.07, 6.45) is 2.21. The lowest BCUT2D eigenvalue weighted by molar-refractivity contribution is -0.117. The maximum atomic E-state index is 12.4. The summed E-state index contributed by atoms with van der Waals surface area (Å²) in [4.78, 5) is 44.5. The van der Waals surface area contributed by atoms with E-state index in [-0.39, 0.29) is 17.9 Å². The average molecular weight is 381 g/mol. The standard InChI is InChI=1S/C16H19N3O4S2/c1-3-23-16(22)17-11(20)7-24-15-18-13(21)12-9-5-4-8(2)6-10(9)25-14(12)19-15/h8H,3-7H2,1-2H3,(H,17,20,22)(H,18,19,21)/t8-/m1/s1. The van der Waals surface area contributed by atoms with E-state index >= 15 is 0 Å². The van der Waals surface area contributed by atoms with Gasteiger partial charge in [0.05, 0.1) is 17.7 Å². The second-order valence-corrected chi connectivity index (χ2v) is 8.01. The normalized spacial score (nSPS) is 16.5. The highest BCUT2D eigenvalue weighted by atomic mass is 32.2. The molecule has 0 aromatic carbocycles. The molecule has 0 aliphatic heterocycles. The van der Waals surface area contributed by atoms with Crippen LogP contribution in [0.3, 0.4) is 0 Å². The van der Waals surface area contributed by atoms with Crippen LogP contribution in [0.25, 0.3) is 10.2 Å². The van der Waals surface area contributed by atoms with Crippen LogP contribution in [0.5, 0.6) is 0 Å². The number of carbonyl (C=O) groups is 2. The first-order valence-corrected chi connectivity index (χ1v) is 9.92. The van der Waals surface area contributed by atoms with Gasteiger partial charge in [-0.1, -0.05) is 18.7 Å². The summed E-state index contributed by atoms with van der Waals surface area (Å²) in [5.74, 6) is 0.0978. The van der Waals surface area contributed by atoms with Crippen molar-refractivity contribution < 1.29 is 14.3 Å². The number of nitrogens with zero attached hydrogens (tertiary/aromatic N) is 1. The molecule has 0 fully saturated rings. The van der Waals surface area contributed by atoms with Gasteiger partial charge in [-0.3, -0.25) is 14.9 Å². The molecule has 2 heterocycles. The minimum Gasteiger partial charge on any atom is -0.450 e. The Hall–Kier alpha value is -1.87. The van der Waals surface area contributed by atoms with Crippen molar-refractivity contribution >= 4 is 45.3 Å². The Bertz CT molecular complexity index is 874. The number of aromatic amines is 1. The molecule has 1 aliphatic carbocycles. The Morgan fingerprint density at radius 2 is 2.28 bits per heavy atom. The zero-order valence-corrected chi connectivity index (χ0v) is 15.6. The summed E-state index contributed by atoms with van der Waals surface area (Å²) >= 11 is 2.65. The number of fused-ring (bicyclic) bond motifs is 3. The minimum absolute atomic E-state index is 0.0324. The largest absolute Gasteiger partial charge is 0.450 e. The molecule has 9 heteroatoms. The molecule has 0 spiro atoms. The molecule has 2 aromatic heterocycles. The fourth-order valence-electron chi connectivity index (χ4n) is 2.85. The lowest BCUT2D eigenvalue weighted by Crippen LogP contribution is -2.32.